The quantitative estimate of drug-likeness (QED) is 0.846. The molecule has 0 radical (unpaired) electrons. The molecule has 1 unspecified atom stereocenters. The van der Waals surface area contributed by atoms with Gasteiger partial charge in [-0.25, -0.2) is 4.39 Å². The van der Waals surface area contributed by atoms with E-state index in [2.05, 4.69) is 0 Å². The van der Waals surface area contributed by atoms with Crippen LogP contribution in [0.1, 0.15) is 24.8 Å². The van der Waals surface area contributed by atoms with Crippen molar-refractivity contribution >= 4 is 5.97 Å². The van der Waals surface area contributed by atoms with Crippen molar-refractivity contribution in [2.24, 2.45) is 11.8 Å². The Morgan fingerprint density at radius 3 is 2.83 bits per heavy atom. The van der Waals surface area contributed by atoms with Gasteiger partial charge < -0.3 is 9.84 Å². The smallest absolute Gasteiger partial charge is 0.303 e. The molecule has 0 aliphatic heterocycles. The number of aliphatic carboxylic acids is 1. The highest BCUT2D eigenvalue weighted by molar-refractivity contribution is 5.67. The standard InChI is InChI=1S/C14H17FO3/c1-18-13-5-4-12(15)7-11(13)6-10(8-14(16)17)9-2-3-9/h4-5,7,9-10H,2-3,6,8H2,1H3,(H,16,17). The van der Waals surface area contributed by atoms with Gasteiger partial charge in [-0.15, -0.1) is 0 Å². The van der Waals surface area contributed by atoms with E-state index in [0.717, 1.165) is 18.4 Å². The minimum Gasteiger partial charge on any atom is -0.496 e. The van der Waals surface area contributed by atoms with Crippen molar-refractivity contribution in [2.75, 3.05) is 7.11 Å². The third-order valence-electron chi connectivity index (χ3n) is 3.45. The second kappa shape index (κ2) is 5.38. The van der Waals surface area contributed by atoms with E-state index in [1.807, 2.05) is 0 Å². The lowest BCUT2D eigenvalue weighted by atomic mass is 9.91. The molecule has 3 nitrogen and oxygen atoms in total. The van der Waals surface area contributed by atoms with Crippen LogP contribution in [0.15, 0.2) is 18.2 Å². The molecule has 1 aromatic carbocycles. The summed E-state index contributed by atoms with van der Waals surface area (Å²) in [7, 11) is 1.54. The molecular formula is C14H17FO3. The van der Waals surface area contributed by atoms with Crippen LogP contribution in [-0.4, -0.2) is 18.2 Å². The first-order valence-electron chi connectivity index (χ1n) is 6.14. The van der Waals surface area contributed by atoms with Crippen molar-refractivity contribution in [3.8, 4) is 5.75 Å². The highest BCUT2D eigenvalue weighted by Gasteiger charge is 2.33. The molecule has 18 heavy (non-hydrogen) atoms. The number of ether oxygens (including phenoxy) is 1. The Labute approximate surface area is 106 Å². The highest BCUT2D eigenvalue weighted by atomic mass is 19.1. The first-order valence-corrected chi connectivity index (χ1v) is 6.14. The van der Waals surface area contributed by atoms with Gasteiger partial charge in [0.05, 0.1) is 7.11 Å². The van der Waals surface area contributed by atoms with Gasteiger partial charge in [-0.1, -0.05) is 0 Å². The third-order valence-corrected chi connectivity index (χ3v) is 3.45. The molecule has 1 aromatic rings. The van der Waals surface area contributed by atoms with Crippen LogP contribution in [0.2, 0.25) is 0 Å². The summed E-state index contributed by atoms with van der Waals surface area (Å²) in [4.78, 5) is 10.8. The van der Waals surface area contributed by atoms with Gasteiger partial charge in [0.25, 0.3) is 0 Å². The molecule has 2 rings (SSSR count). The number of methoxy groups -OCH3 is 1. The maximum Gasteiger partial charge on any atom is 0.303 e. The molecule has 98 valence electrons. The predicted molar refractivity (Wildman–Crippen MR) is 65.1 cm³/mol. The van der Waals surface area contributed by atoms with Crippen molar-refractivity contribution in [3.05, 3.63) is 29.6 Å². The van der Waals surface area contributed by atoms with Gasteiger partial charge in [0.1, 0.15) is 11.6 Å². The molecule has 1 aliphatic carbocycles. The summed E-state index contributed by atoms with van der Waals surface area (Å²) >= 11 is 0. The average Bonchev–Trinajstić information content (AvgIpc) is 3.11. The summed E-state index contributed by atoms with van der Waals surface area (Å²) in [6.45, 7) is 0. The lowest BCUT2D eigenvalue weighted by Crippen LogP contribution is -2.13. The molecule has 0 bridgehead atoms. The molecule has 0 amide bonds. The number of hydrogen-bond acceptors (Lipinski definition) is 2. The van der Waals surface area contributed by atoms with E-state index >= 15 is 0 Å². The fourth-order valence-corrected chi connectivity index (χ4v) is 2.39. The summed E-state index contributed by atoms with van der Waals surface area (Å²) in [5.41, 5.74) is 0.760. The molecule has 0 spiro atoms. The Bertz CT molecular complexity index is 441. The van der Waals surface area contributed by atoms with Crippen LogP contribution in [0.5, 0.6) is 5.75 Å². The molecule has 4 heteroatoms. The Kier molecular flexibility index (Phi) is 3.84. The Morgan fingerprint density at radius 1 is 1.56 bits per heavy atom. The topological polar surface area (TPSA) is 46.5 Å². The number of halogens is 1. The zero-order valence-electron chi connectivity index (χ0n) is 10.4. The first-order chi connectivity index (χ1) is 8.60. The number of carboxylic acid groups (broad SMARTS) is 1. The highest BCUT2D eigenvalue weighted by Crippen LogP contribution is 2.41. The van der Waals surface area contributed by atoms with Crippen molar-refractivity contribution in [2.45, 2.75) is 25.7 Å². The van der Waals surface area contributed by atoms with Gasteiger partial charge in [-0.2, -0.15) is 0 Å². The summed E-state index contributed by atoms with van der Waals surface area (Å²) in [6.07, 6.45) is 2.87. The number of hydrogen-bond donors (Lipinski definition) is 1. The van der Waals surface area contributed by atoms with Crippen LogP contribution in [0, 0.1) is 17.7 Å². The van der Waals surface area contributed by atoms with Crippen LogP contribution >= 0.6 is 0 Å². The van der Waals surface area contributed by atoms with Crippen LogP contribution < -0.4 is 4.74 Å². The van der Waals surface area contributed by atoms with E-state index in [1.165, 1.54) is 12.1 Å². The molecule has 1 aliphatic rings. The van der Waals surface area contributed by atoms with Gasteiger partial charge in [0.15, 0.2) is 0 Å². The van der Waals surface area contributed by atoms with Crippen molar-refractivity contribution < 1.29 is 19.0 Å². The second-order valence-electron chi connectivity index (χ2n) is 4.86. The van der Waals surface area contributed by atoms with E-state index in [4.69, 9.17) is 9.84 Å². The molecule has 0 aromatic heterocycles. The molecule has 0 heterocycles. The van der Waals surface area contributed by atoms with Gasteiger partial charge in [0.2, 0.25) is 0 Å². The van der Waals surface area contributed by atoms with Gasteiger partial charge in [0, 0.05) is 6.42 Å². The van der Waals surface area contributed by atoms with Gasteiger partial charge in [-0.05, 0) is 54.9 Å². The maximum absolute atomic E-state index is 13.2. The molecule has 1 N–H and O–H groups in total. The van der Waals surface area contributed by atoms with E-state index in [1.54, 1.807) is 13.2 Å². The summed E-state index contributed by atoms with van der Waals surface area (Å²) in [6, 6.07) is 4.39. The monoisotopic (exact) mass is 252 g/mol. The summed E-state index contributed by atoms with van der Waals surface area (Å²) < 4.78 is 18.4. The van der Waals surface area contributed by atoms with Crippen molar-refractivity contribution in [1.29, 1.82) is 0 Å². The molecule has 1 saturated carbocycles. The zero-order valence-corrected chi connectivity index (χ0v) is 10.4. The van der Waals surface area contributed by atoms with E-state index in [0.29, 0.717) is 18.1 Å². The maximum atomic E-state index is 13.2. The first kappa shape index (κ1) is 12.9. The third kappa shape index (κ3) is 3.22. The Hall–Kier alpha value is -1.58. The fourth-order valence-electron chi connectivity index (χ4n) is 2.39. The zero-order chi connectivity index (χ0) is 13.1. The number of carbonyl (C=O) groups is 1. The van der Waals surface area contributed by atoms with E-state index in [-0.39, 0.29) is 18.2 Å². The van der Waals surface area contributed by atoms with E-state index in [9.17, 15) is 9.18 Å². The minimum atomic E-state index is -0.790. The van der Waals surface area contributed by atoms with Crippen LogP contribution in [-0.2, 0) is 11.2 Å². The molecule has 1 fully saturated rings. The predicted octanol–water partition coefficient (Wildman–Crippen LogP) is 2.88. The Balaban J connectivity index is 2.14. The van der Waals surface area contributed by atoms with Gasteiger partial charge >= 0.3 is 5.97 Å². The fraction of sp³-hybridized carbons (Fsp3) is 0.500. The number of rotatable bonds is 6. The lowest BCUT2D eigenvalue weighted by molar-refractivity contribution is -0.138. The number of carboxylic acids is 1. The largest absolute Gasteiger partial charge is 0.496 e. The van der Waals surface area contributed by atoms with E-state index < -0.39 is 5.97 Å². The van der Waals surface area contributed by atoms with Gasteiger partial charge in [-0.3, -0.25) is 4.79 Å². The molecule has 0 saturated heterocycles. The van der Waals surface area contributed by atoms with Crippen molar-refractivity contribution in [3.63, 3.8) is 0 Å². The summed E-state index contributed by atoms with van der Waals surface area (Å²) in [5, 5.41) is 8.91. The summed E-state index contributed by atoms with van der Waals surface area (Å²) in [5.74, 6) is 0.0812. The molecule has 1 atom stereocenters. The average molecular weight is 252 g/mol. The SMILES string of the molecule is COc1ccc(F)cc1CC(CC(=O)O)C1CC1. The Morgan fingerprint density at radius 2 is 2.28 bits per heavy atom. The van der Waals surface area contributed by atoms with Crippen LogP contribution in [0.3, 0.4) is 0 Å². The van der Waals surface area contributed by atoms with Crippen molar-refractivity contribution in [1.82, 2.24) is 0 Å². The minimum absolute atomic E-state index is 0.0817. The lowest BCUT2D eigenvalue weighted by Gasteiger charge is -2.16. The van der Waals surface area contributed by atoms with Crippen LogP contribution in [0.25, 0.3) is 0 Å². The normalized spacial score (nSPS) is 16.3. The van der Waals surface area contributed by atoms with Crippen LogP contribution in [0.4, 0.5) is 4.39 Å². The second-order valence-corrected chi connectivity index (χ2v) is 4.86. The molecular weight excluding hydrogens is 235 g/mol. The number of benzene rings is 1.